The average molecular weight is 887 g/mol. The van der Waals surface area contributed by atoms with Crippen molar-refractivity contribution in [3.05, 3.63) is 88.4 Å². The molecular weight excluding hydrogens is 827 g/mol. The van der Waals surface area contributed by atoms with Crippen molar-refractivity contribution in [1.29, 1.82) is 0 Å². The topological polar surface area (TPSA) is 180 Å². The molecule has 0 radical (unpaired) electrons. The fraction of sp³-hybridized carbons (Fsp3) is 0.532. The molecule has 0 spiro atoms. The Morgan fingerprint density at radius 2 is 1.50 bits per heavy atom. The third-order valence-electron chi connectivity index (χ3n) is 13.2. The van der Waals surface area contributed by atoms with Gasteiger partial charge in [-0.3, -0.25) is 4.79 Å². The van der Waals surface area contributed by atoms with Gasteiger partial charge in [-0.25, -0.2) is 23.4 Å². The molecule has 0 saturated carbocycles. The standard InChI is InChI=1S/C47H60F2N8O7/c1-10-33(54-47(7,55-61)38-20-30(49)22-56(38)26(6)41(24(2)3)52-45(59)62-8)32-16-15-31(39-36-17-18-37(64-36)40(32)39)27-11-13-28(14-12-27)34-21-50-43(51-34)35-19-29(48)23-57(35)44(58)42(25(4)5)53-46(60)63-9/h10-16,21,24-25,29-30,35-38,41-42,54H,6,17-20,22-23H2,1-5,7-9H3,(H,50,51)(H,52,59)(H,53,60)/b33-10-/t29-,30-,35+,36?,37?,38+,41+,42+,47?/m1/s1. The Morgan fingerprint density at radius 1 is 0.906 bits per heavy atom. The number of H-pyrrole nitrogens is 1. The summed E-state index contributed by atoms with van der Waals surface area (Å²) in [5, 5.41) is 12.4. The van der Waals surface area contributed by atoms with Gasteiger partial charge in [0.05, 0.1) is 63.0 Å². The molecule has 344 valence electrons. The summed E-state index contributed by atoms with van der Waals surface area (Å²) in [7, 11) is 2.50. The van der Waals surface area contributed by atoms with Crippen LogP contribution in [0.4, 0.5) is 18.4 Å². The number of hydrogen-bond acceptors (Lipinski definition) is 11. The van der Waals surface area contributed by atoms with Gasteiger partial charge >= 0.3 is 12.2 Å². The van der Waals surface area contributed by atoms with Gasteiger partial charge in [-0.15, -0.1) is 4.91 Å². The van der Waals surface area contributed by atoms with E-state index in [1.54, 1.807) is 31.9 Å². The van der Waals surface area contributed by atoms with Crippen LogP contribution in [0.2, 0.25) is 0 Å². The number of nitrogens with zero attached hydrogens (tertiary/aromatic N) is 4. The molecule has 4 aliphatic rings. The number of halogens is 2. The molecule has 64 heavy (non-hydrogen) atoms. The summed E-state index contributed by atoms with van der Waals surface area (Å²) in [6, 6.07) is 9.28. The zero-order chi connectivity index (χ0) is 46.2. The molecule has 15 nitrogen and oxygen atoms in total. The van der Waals surface area contributed by atoms with Gasteiger partial charge in [-0.2, -0.15) is 0 Å². The lowest BCUT2D eigenvalue weighted by Gasteiger charge is -2.41. The van der Waals surface area contributed by atoms with Crippen LogP contribution >= 0.6 is 0 Å². The number of allylic oxidation sites excluding steroid dienone is 1. The van der Waals surface area contributed by atoms with Gasteiger partial charge in [0.1, 0.15) is 24.2 Å². The molecule has 2 aromatic carbocycles. The first-order valence-corrected chi connectivity index (χ1v) is 22.0. The minimum atomic E-state index is -1.50. The van der Waals surface area contributed by atoms with Crippen molar-refractivity contribution in [3.8, 4) is 22.4 Å². The summed E-state index contributed by atoms with van der Waals surface area (Å²) in [6.07, 6.45) is 1.22. The van der Waals surface area contributed by atoms with E-state index in [0.717, 1.165) is 46.2 Å². The minimum absolute atomic E-state index is 0.00820. The lowest BCUT2D eigenvalue weighted by atomic mass is 9.82. The third kappa shape index (κ3) is 8.82. The molecule has 17 heteroatoms. The molecule has 9 atom stereocenters. The summed E-state index contributed by atoms with van der Waals surface area (Å²) in [6.45, 7) is 15.1. The number of aromatic nitrogens is 2. The highest BCUT2D eigenvalue weighted by Gasteiger charge is 2.49. The Labute approximate surface area is 372 Å². The number of methoxy groups -OCH3 is 2. The number of alkyl halides is 2. The Hall–Kier alpha value is -5.84. The van der Waals surface area contributed by atoms with E-state index in [2.05, 4.69) is 43.7 Å². The van der Waals surface area contributed by atoms with Gasteiger partial charge in [0.2, 0.25) is 5.91 Å². The Bertz CT molecular complexity index is 2280. The highest BCUT2D eigenvalue weighted by atomic mass is 19.1. The minimum Gasteiger partial charge on any atom is -0.453 e. The number of likely N-dealkylation sites (tertiary alicyclic amines) is 2. The van der Waals surface area contributed by atoms with Crippen LogP contribution in [0.1, 0.15) is 108 Å². The van der Waals surface area contributed by atoms with Crippen molar-refractivity contribution in [2.24, 2.45) is 17.0 Å². The van der Waals surface area contributed by atoms with Gasteiger partial charge in [-0.05, 0) is 71.5 Å². The molecule has 4 N–H and O–H groups in total. The fourth-order valence-corrected chi connectivity index (χ4v) is 9.90. The first kappa shape index (κ1) is 46.2. The number of carbonyl (C=O) groups is 3. The van der Waals surface area contributed by atoms with E-state index in [4.69, 9.17) is 14.2 Å². The zero-order valence-corrected chi connectivity index (χ0v) is 37.7. The number of aromatic amines is 1. The van der Waals surface area contributed by atoms with E-state index >= 15 is 4.39 Å². The summed E-state index contributed by atoms with van der Waals surface area (Å²) >= 11 is 0. The number of carbonyl (C=O) groups excluding carboxylic acids is 3. The van der Waals surface area contributed by atoms with Crippen LogP contribution < -0.4 is 16.0 Å². The van der Waals surface area contributed by atoms with Crippen molar-refractivity contribution in [2.75, 3.05) is 27.3 Å². The van der Waals surface area contributed by atoms with Crippen LogP contribution in [-0.4, -0.2) is 101 Å². The molecule has 3 amide bonds. The lowest BCUT2D eigenvalue weighted by molar-refractivity contribution is -0.135. The number of benzene rings is 2. The van der Waals surface area contributed by atoms with Gasteiger partial charge in [0.25, 0.3) is 0 Å². The van der Waals surface area contributed by atoms with E-state index in [1.165, 1.54) is 19.1 Å². The molecule has 0 aliphatic carbocycles. The van der Waals surface area contributed by atoms with Gasteiger partial charge in [-0.1, -0.05) is 76.7 Å². The molecule has 2 bridgehead atoms. The van der Waals surface area contributed by atoms with Crippen LogP contribution in [0.15, 0.2) is 66.1 Å². The first-order chi connectivity index (χ1) is 30.5. The third-order valence-corrected chi connectivity index (χ3v) is 13.2. The molecular formula is C47H60F2N8O7. The predicted molar refractivity (Wildman–Crippen MR) is 238 cm³/mol. The quantitative estimate of drug-likeness (QED) is 0.108. The van der Waals surface area contributed by atoms with Crippen LogP contribution in [-0.2, 0) is 19.0 Å². The van der Waals surface area contributed by atoms with Crippen LogP contribution in [0.3, 0.4) is 0 Å². The fourth-order valence-electron chi connectivity index (χ4n) is 9.90. The van der Waals surface area contributed by atoms with E-state index < -0.39 is 60.3 Å². The molecule has 5 heterocycles. The van der Waals surface area contributed by atoms with Crippen LogP contribution in [0.5, 0.6) is 0 Å². The number of fused-ring (bicyclic) bond motifs is 5. The smallest absolute Gasteiger partial charge is 0.407 e. The normalized spacial score (nSPS) is 24.6. The molecule has 3 saturated heterocycles. The maximum atomic E-state index is 15.4. The lowest BCUT2D eigenvalue weighted by Crippen LogP contribution is -2.56. The summed E-state index contributed by atoms with van der Waals surface area (Å²) in [4.78, 5) is 62.0. The Kier molecular flexibility index (Phi) is 13.5. The summed E-state index contributed by atoms with van der Waals surface area (Å²) < 4.78 is 46.4. The maximum absolute atomic E-state index is 15.4. The van der Waals surface area contributed by atoms with E-state index in [0.29, 0.717) is 22.9 Å². The second-order valence-electron chi connectivity index (χ2n) is 18.1. The summed E-state index contributed by atoms with van der Waals surface area (Å²) in [5.41, 5.74) is 6.13. The highest BCUT2D eigenvalue weighted by molar-refractivity contribution is 5.86. The average Bonchev–Trinajstić information content (AvgIpc) is 4.15. The van der Waals surface area contributed by atoms with Gasteiger partial charge in [0, 0.05) is 36.3 Å². The maximum Gasteiger partial charge on any atom is 0.407 e. The number of ether oxygens (including phenoxy) is 3. The van der Waals surface area contributed by atoms with E-state index in [1.807, 2.05) is 57.2 Å². The van der Waals surface area contributed by atoms with Crippen LogP contribution in [0, 0.1) is 16.7 Å². The van der Waals surface area contributed by atoms with Crippen LogP contribution in [0.25, 0.3) is 28.1 Å². The molecule has 4 aliphatic heterocycles. The van der Waals surface area contributed by atoms with Crippen molar-refractivity contribution in [3.63, 3.8) is 0 Å². The molecule has 7 rings (SSSR count). The molecule has 3 unspecified atom stereocenters. The largest absolute Gasteiger partial charge is 0.453 e. The molecule has 1 aromatic heterocycles. The molecule has 3 aromatic rings. The number of nitrogens with one attached hydrogen (secondary N) is 4. The highest BCUT2D eigenvalue weighted by Crippen LogP contribution is 2.55. The number of amides is 3. The van der Waals surface area contributed by atoms with E-state index in [-0.39, 0.29) is 50.0 Å². The number of imidazole rings is 1. The number of nitroso groups, excluding NO2 is 1. The number of rotatable bonds is 15. The zero-order valence-electron chi connectivity index (χ0n) is 37.7. The first-order valence-electron chi connectivity index (χ1n) is 22.0. The van der Waals surface area contributed by atoms with Gasteiger partial charge in [0.15, 0.2) is 5.66 Å². The van der Waals surface area contributed by atoms with Crippen molar-refractivity contribution >= 4 is 23.8 Å². The number of alkyl carbamates (subject to hydrolysis) is 2. The number of hydrogen-bond donors (Lipinski definition) is 4. The van der Waals surface area contributed by atoms with E-state index in [9.17, 15) is 23.7 Å². The Morgan fingerprint density at radius 3 is 2.11 bits per heavy atom. The second-order valence-corrected chi connectivity index (χ2v) is 18.1. The summed E-state index contributed by atoms with van der Waals surface area (Å²) in [5.74, 6) is -0.316. The van der Waals surface area contributed by atoms with Gasteiger partial charge < -0.3 is 44.9 Å². The van der Waals surface area contributed by atoms with Crippen molar-refractivity contribution in [2.45, 2.75) is 122 Å². The monoisotopic (exact) mass is 886 g/mol. The SMILES string of the molecule is C=C([C@@H](NC(=O)OC)C(C)C)N1C[C@H](F)C[C@H]1C(C)(N=O)N/C(=C\C)c1ccc(-c2ccc(-c3cnc([C@@H]4C[C@@H](F)CN4C(=O)[C@@H](NC(=O)OC)C(C)C)[nH]3)cc2)c2c1C1CCC2O1. The van der Waals surface area contributed by atoms with Crippen molar-refractivity contribution < 1.29 is 37.4 Å². The molecule has 3 fully saturated rings. The Balaban J connectivity index is 1.13. The van der Waals surface area contributed by atoms with Crippen molar-refractivity contribution in [1.82, 2.24) is 35.7 Å². The predicted octanol–water partition coefficient (Wildman–Crippen LogP) is 8.38. The second kappa shape index (κ2) is 18.7.